The van der Waals surface area contributed by atoms with Crippen LogP contribution in [0.3, 0.4) is 0 Å². The van der Waals surface area contributed by atoms with Gasteiger partial charge in [0, 0.05) is 13.1 Å². The molecular formula is C15H19NO6. The van der Waals surface area contributed by atoms with Crippen molar-refractivity contribution in [2.24, 2.45) is 5.92 Å². The molecule has 1 unspecified atom stereocenters. The highest BCUT2D eigenvalue weighted by Gasteiger charge is 2.28. The number of methoxy groups -OCH3 is 1. The third-order valence-electron chi connectivity index (χ3n) is 3.24. The van der Waals surface area contributed by atoms with Crippen LogP contribution in [0.25, 0.3) is 0 Å². The molecule has 1 aliphatic heterocycles. The predicted octanol–water partition coefficient (Wildman–Crippen LogP) is 0.837. The number of carboxylic acid groups (broad SMARTS) is 2. The van der Waals surface area contributed by atoms with Crippen LogP contribution in [0.1, 0.15) is 12.0 Å². The van der Waals surface area contributed by atoms with Gasteiger partial charge in [0.25, 0.3) is 0 Å². The van der Waals surface area contributed by atoms with Crippen LogP contribution < -0.4 is 0 Å². The average Bonchev–Trinajstić information content (AvgIpc) is 2.96. The van der Waals surface area contributed by atoms with Crippen molar-refractivity contribution in [3.05, 3.63) is 35.9 Å². The van der Waals surface area contributed by atoms with Crippen LogP contribution in [0, 0.1) is 5.92 Å². The SMILES string of the molecule is COC(=O)C1CCN(Cc2ccccc2)C1.O=C(O)C(=O)O. The maximum atomic E-state index is 11.4. The second kappa shape index (κ2) is 8.78. The Balaban J connectivity index is 0.000000346. The lowest BCUT2D eigenvalue weighted by Crippen LogP contribution is -2.23. The van der Waals surface area contributed by atoms with Crippen LogP contribution in [0.15, 0.2) is 30.3 Å². The van der Waals surface area contributed by atoms with Gasteiger partial charge in [0.05, 0.1) is 13.0 Å². The molecule has 1 aliphatic rings. The number of likely N-dealkylation sites (tertiary alicyclic amines) is 1. The largest absolute Gasteiger partial charge is 0.473 e. The second-order valence-corrected chi connectivity index (χ2v) is 4.84. The lowest BCUT2D eigenvalue weighted by atomic mass is 10.1. The molecule has 1 atom stereocenters. The second-order valence-electron chi connectivity index (χ2n) is 4.84. The number of carbonyl (C=O) groups is 3. The van der Waals surface area contributed by atoms with Crippen molar-refractivity contribution in [3.8, 4) is 0 Å². The summed E-state index contributed by atoms with van der Waals surface area (Å²) < 4.78 is 4.77. The molecule has 0 saturated carbocycles. The number of nitrogens with zero attached hydrogens (tertiary/aromatic N) is 1. The lowest BCUT2D eigenvalue weighted by molar-refractivity contribution is -0.159. The molecule has 1 heterocycles. The fraction of sp³-hybridized carbons (Fsp3) is 0.400. The van der Waals surface area contributed by atoms with Crippen LogP contribution >= 0.6 is 0 Å². The average molecular weight is 309 g/mol. The van der Waals surface area contributed by atoms with E-state index in [1.807, 2.05) is 18.2 Å². The minimum atomic E-state index is -1.82. The molecule has 0 amide bonds. The van der Waals surface area contributed by atoms with Crippen molar-refractivity contribution in [1.82, 2.24) is 4.90 Å². The summed E-state index contributed by atoms with van der Waals surface area (Å²) in [4.78, 5) is 31.9. The maximum Gasteiger partial charge on any atom is 0.414 e. The highest BCUT2D eigenvalue weighted by atomic mass is 16.5. The van der Waals surface area contributed by atoms with Crippen LogP contribution in [-0.4, -0.2) is 53.2 Å². The Morgan fingerprint density at radius 3 is 2.27 bits per heavy atom. The van der Waals surface area contributed by atoms with Crippen LogP contribution in [0.5, 0.6) is 0 Å². The van der Waals surface area contributed by atoms with Gasteiger partial charge in [0.1, 0.15) is 0 Å². The molecule has 22 heavy (non-hydrogen) atoms. The Hall–Kier alpha value is -2.41. The third kappa shape index (κ3) is 5.92. The van der Waals surface area contributed by atoms with Crippen LogP contribution in [0.4, 0.5) is 0 Å². The monoisotopic (exact) mass is 309 g/mol. The summed E-state index contributed by atoms with van der Waals surface area (Å²) in [6.07, 6.45) is 0.916. The first-order chi connectivity index (χ1) is 10.4. The minimum absolute atomic E-state index is 0.0636. The summed E-state index contributed by atoms with van der Waals surface area (Å²) in [6.45, 7) is 2.73. The molecule has 1 aromatic carbocycles. The van der Waals surface area contributed by atoms with Crippen molar-refractivity contribution in [1.29, 1.82) is 0 Å². The zero-order chi connectivity index (χ0) is 16.5. The van der Waals surface area contributed by atoms with E-state index in [2.05, 4.69) is 17.0 Å². The van der Waals surface area contributed by atoms with Gasteiger partial charge in [-0.05, 0) is 18.5 Å². The molecule has 1 saturated heterocycles. The van der Waals surface area contributed by atoms with Gasteiger partial charge in [0.15, 0.2) is 0 Å². The van der Waals surface area contributed by atoms with E-state index in [0.717, 1.165) is 26.1 Å². The Kier molecular flexibility index (Phi) is 7.04. The van der Waals surface area contributed by atoms with Gasteiger partial charge in [-0.15, -0.1) is 0 Å². The van der Waals surface area contributed by atoms with Crippen molar-refractivity contribution < 1.29 is 29.3 Å². The topological polar surface area (TPSA) is 104 Å². The quantitative estimate of drug-likeness (QED) is 0.629. The maximum absolute atomic E-state index is 11.4. The number of carboxylic acids is 2. The summed E-state index contributed by atoms with van der Waals surface area (Å²) >= 11 is 0. The zero-order valence-electron chi connectivity index (χ0n) is 12.3. The van der Waals surface area contributed by atoms with Gasteiger partial charge < -0.3 is 14.9 Å². The molecule has 7 nitrogen and oxygen atoms in total. The number of rotatable bonds is 3. The first-order valence-corrected chi connectivity index (χ1v) is 6.74. The molecule has 1 aromatic rings. The standard InChI is InChI=1S/C13H17NO2.C2H2O4/c1-16-13(15)12-7-8-14(10-12)9-11-5-3-2-4-6-11;3-1(4)2(5)6/h2-6,12H,7-10H2,1H3;(H,3,4)(H,5,6). The van der Waals surface area contributed by atoms with E-state index in [0.29, 0.717) is 0 Å². The van der Waals surface area contributed by atoms with Gasteiger partial charge in [-0.2, -0.15) is 0 Å². The van der Waals surface area contributed by atoms with E-state index in [4.69, 9.17) is 24.5 Å². The molecule has 2 rings (SSSR count). The number of esters is 1. The smallest absolute Gasteiger partial charge is 0.414 e. The predicted molar refractivity (Wildman–Crippen MR) is 77.1 cm³/mol. The van der Waals surface area contributed by atoms with Crippen molar-refractivity contribution in [2.75, 3.05) is 20.2 Å². The molecule has 7 heteroatoms. The van der Waals surface area contributed by atoms with E-state index in [1.54, 1.807) is 0 Å². The molecule has 0 aliphatic carbocycles. The minimum Gasteiger partial charge on any atom is -0.473 e. The van der Waals surface area contributed by atoms with E-state index in [9.17, 15) is 4.79 Å². The Morgan fingerprint density at radius 2 is 1.77 bits per heavy atom. The number of hydrogen-bond acceptors (Lipinski definition) is 5. The first-order valence-electron chi connectivity index (χ1n) is 6.74. The van der Waals surface area contributed by atoms with Crippen molar-refractivity contribution >= 4 is 17.9 Å². The molecule has 120 valence electrons. The lowest BCUT2D eigenvalue weighted by Gasteiger charge is -2.15. The van der Waals surface area contributed by atoms with Gasteiger partial charge in [-0.1, -0.05) is 30.3 Å². The fourth-order valence-corrected chi connectivity index (χ4v) is 2.18. The molecule has 0 radical (unpaired) electrons. The molecule has 1 fully saturated rings. The van der Waals surface area contributed by atoms with Crippen molar-refractivity contribution in [2.45, 2.75) is 13.0 Å². The molecule has 2 N–H and O–H groups in total. The highest BCUT2D eigenvalue weighted by molar-refractivity contribution is 6.27. The molecule has 0 bridgehead atoms. The molecule has 0 aromatic heterocycles. The summed E-state index contributed by atoms with van der Waals surface area (Å²) in [5.74, 6) is -3.66. The Labute approximate surface area is 128 Å². The zero-order valence-corrected chi connectivity index (χ0v) is 12.3. The summed E-state index contributed by atoms with van der Waals surface area (Å²) in [5, 5.41) is 14.8. The number of ether oxygens (including phenoxy) is 1. The van der Waals surface area contributed by atoms with Crippen molar-refractivity contribution in [3.63, 3.8) is 0 Å². The Bertz CT molecular complexity index is 504. The van der Waals surface area contributed by atoms with Crippen LogP contribution in [0.2, 0.25) is 0 Å². The normalized spacial score (nSPS) is 17.2. The Morgan fingerprint density at radius 1 is 1.18 bits per heavy atom. The number of carbonyl (C=O) groups excluding carboxylic acids is 1. The van der Waals surface area contributed by atoms with Gasteiger partial charge >= 0.3 is 17.9 Å². The summed E-state index contributed by atoms with van der Waals surface area (Å²) in [6, 6.07) is 10.3. The van der Waals surface area contributed by atoms with E-state index < -0.39 is 11.9 Å². The summed E-state index contributed by atoms with van der Waals surface area (Å²) in [7, 11) is 1.46. The third-order valence-corrected chi connectivity index (χ3v) is 3.24. The molecular weight excluding hydrogens is 290 g/mol. The fourth-order valence-electron chi connectivity index (χ4n) is 2.18. The number of aliphatic carboxylic acids is 2. The highest BCUT2D eigenvalue weighted by Crippen LogP contribution is 2.19. The van der Waals surface area contributed by atoms with E-state index >= 15 is 0 Å². The van der Waals surface area contributed by atoms with E-state index in [-0.39, 0.29) is 11.9 Å². The summed E-state index contributed by atoms with van der Waals surface area (Å²) in [5.41, 5.74) is 1.30. The van der Waals surface area contributed by atoms with Gasteiger partial charge in [0.2, 0.25) is 0 Å². The van der Waals surface area contributed by atoms with Gasteiger partial charge in [-0.25, -0.2) is 9.59 Å². The van der Waals surface area contributed by atoms with Crippen LogP contribution in [-0.2, 0) is 25.7 Å². The van der Waals surface area contributed by atoms with Gasteiger partial charge in [-0.3, -0.25) is 9.69 Å². The number of hydrogen-bond donors (Lipinski definition) is 2. The molecule has 0 spiro atoms. The first kappa shape index (κ1) is 17.6. The number of benzene rings is 1. The van der Waals surface area contributed by atoms with E-state index in [1.165, 1.54) is 12.7 Å².